The lowest BCUT2D eigenvalue weighted by atomic mass is 10.3. The van der Waals surface area contributed by atoms with Crippen LogP contribution in [0.15, 0.2) is 47.6 Å². The zero-order chi connectivity index (χ0) is 13.9. The molecule has 0 fully saturated rings. The molecule has 1 aromatic carbocycles. The highest BCUT2D eigenvalue weighted by Gasteiger charge is 2.08. The summed E-state index contributed by atoms with van der Waals surface area (Å²) in [5.41, 5.74) is 0.386. The lowest BCUT2D eigenvalue weighted by molar-refractivity contribution is 0.112. The number of nitrogens with zero attached hydrogens (tertiary/aromatic N) is 1. The Morgan fingerprint density at radius 3 is 2.63 bits per heavy atom. The van der Waals surface area contributed by atoms with Gasteiger partial charge in [-0.2, -0.15) is 0 Å². The SMILES string of the molecule is CS(=O)(=O)c1cccc(Oc2cncc(C=O)c2)c1. The highest BCUT2D eigenvalue weighted by Crippen LogP contribution is 2.23. The van der Waals surface area contributed by atoms with E-state index in [4.69, 9.17) is 4.74 Å². The number of carbonyl (C=O) groups is 1. The third-order valence-corrected chi connectivity index (χ3v) is 3.45. The van der Waals surface area contributed by atoms with Crippen LogP contribution in [-0.2, 0) is 9.84 Å². The van der Waals surface area contributed by atoms with Crippen LogP contribution in [-0.4, -0.2) is 25.9 Å². The van der Waals surface area contributed by atoms with E-state index < -0.39 is 9.84 Å². The molecule has 0 radical (unpaired) electrons. The van der Waals surface area contributed by atoms with Gasteiger partial charge in [0.15, 0.2) is 16.1 Å². The first-order chi connectivity index (χ1) is 8.99. The summed E-state index contributed by atoms with van der Waals surface area (Å²) in [5, 5.41) is 0. The molecule has 6 heteroatoms. The van der Waals surface area contributed by atoms with Crippen LogP contribution in [0.25, 0.3) is 0 Å². The summed E-state index contributed by atoms with van der Waals surface area (Å²) in [6.07, 6.45) is 4.64. The standard InChI is InChI=1S/C13H11NO4S/c1-19(16,17)13-4-2-3-11(6-13)18-12-5-10(9-15)7-14-8-12/h2-9H,1H3. The topological polar surface area (TPSA) is 73.3 Å². The van der Waals surface area contributed by atoms with Gasteiger partial charge in [-0.25, -0.2) is 8.42 Å². The van der Waals surface area contributed by atoms with Gasteiger partial charge in [0.05, 0.1) is 11.1 Å². The number of aldehydes is 1. The number of carbonyl (C=O) groups excluding carboxylic acids is 1. The molecule has 98 valence electrons. The second-order valence-corrected chi connectivity index (χ2v) is 5.94. The Hall–Kier alpha value is -2.21. The van der Waals surface area contributed by atoms with Crippen LogP contribution >= 0.6 is 0 Å². The summed E-state index contributed by atoms with van der Waals surface area (Å²) < 4.78 is 28.3. The molecule has 19 heavy (non-hydrogen) atoms. The molecule has 0 aliphatic carbocycles. The van der Waals surface area contributed by atoms with E-state index >= 15 is 0 Å². The first-order valence-electron chi connectivity index (χ1n) is 5.37. The van der Waals surface area contributed by atoms with Crippen molar-refractivity contribution >= 4 is 16.1 Å². The van der Waals surface area contributed by atoms with E-state index in [2.05, 4.69) is 4.98 Å². The molecule has 0 aliphatic heterocycles. The number of ether oxygens (including phenoxy) is 1. The van der Waals surface area contributed by atoms with Gasteiger partial charge in [-0.05, 0) is 24.3 Å². The average molecular weight is 277 g/mol. The van der Waals surface area contributed by atoms with E-state index in [0.29, 0.717) is 23.3 Å². The Morgan fingerprint density at radius 1 is 1.16 bits per heavy atom. The monoisotopic (exact) mass is 277 g/mol. The van der Waals surface area contributed by atoms with Crippen molar-refractivity contribution < 1.29 is 17.9 Å². The van der Waals surface area contributed by atoms with Crippen molar-refractivity contribution in [3.05, 3.63) is 48.3 Å². The minimum Gasteiger partial charge on any atom is -0.456 e. The molecule has 5 nitrogen and oxygen atoms in total. The molecular weight excluding hydrogens is 266 g/mol. The van der Waals surface area contributed by atoms with Crippen LogP contribution < -0.4 is 4.74 Å². The van der Waals surface area contributed by atoms with E-state index in [-0.39, 0.29) is 4.90 Å². The quantitative estimate of drug-likeness (QED) is 0.800. The molecule has 1 heterocycles. The van der Waals surface area contributed by atoms with Gasteiger partial charge >= 0.3 is 0 Å². The van der Waals surface area contributed by atoms with Gasteiger partial charge < -0.3 is 4.74 Å². The smallest absolute Gasteiger partial charge is 0.175 e. The average Bonchev–Trinajstić information content (AvgIpc) is 2.38. The van der Waals surface area contributed by atoms with Crippen LogP contribution in [0.5, 0.6) is 11.5 Å². The Morgan fingerprint density at radius 2 is 1.95 bits per heavy atom. The number of pyridine rings is 1. The van der Waals surface area contributed by atoms with Gasteiger partial charge in [-0.15, -0.1) is 0 Å². The number of sulfone groups is 1. The molecule has 2 rings (SSSR count). The fourth-order valence-corrected chi connectivity index (χ4v) is 2.12. The summed E-state index contributed by atoms with van der Waals surface area (Å²) in [7, 11) is -3.28. The number of benzene rings is 1. The molecule has 0 aliphatic rings. The van der Waals surface area contributed by atoms with E-state index in [1.807, 2.05) is 0 Å². The Balaban J connectivity index is 2.31. The second kappa shape index (κ2) is 5.19. The molecule has 1 aromatic heterocycles. The number of hydrogen-bond donors (Lipinski definition) is 0. The third kappa shape index (κ3) is 3.38. The van der Waals surface area contributed by atoms with Crippen molar-refractivity contribution in [1.82, 2.24) is 4.98 Å². The molecular formula is C13H11NO4S. The molecule has 0 N–H and O–H groups in total. The Kier molecular flexibility index (Phi) is 3.62. The van der Waals surface area contributed by atoms with Gasteiger partial charge in [0.1, 0.15) is 11.5 Å². The van der Waals surface area contributed by atoms with Gasteiger partial charge in [0.25, 0.3) is 0 Å². The maximum Gasteiger partial charge on any atom is 0.175 e. The van der Waals surface area contributed by atoms with Gasteiger partial charge in [-0.3, -0.25) is 9.78 Å². The van der Waals surface area contributed by atoms with Crippen LogP contribution in [0.2, 0.25) is 0 Å². The first kappa shape index (κ1) is 13.2. The Labute approximate surface area is 110 Å². The number of aromatic nitrogens is 1. The predicted molar refractivity (Wildman–Crippen MR) is 69.3 cm³/mol. The van der Waals surface area contributed by atoms with Gasteiger partial charge in [0, 0.05) is 18.0 Å². The van der Waals surface area contributed by atoms with Crippen LogP contribution in [0.4, 0.5) is 0 Å². The van der Waals surface area contributed by atoms with Gasteiger partial charge in [0.2, 0.25) is 0 Å². The van der Waals surface area contributed by atoms with E-state index in [9.17, 15) is 13.2 Å². The zero-order valence-electron chi connectivity index (χ0n) is 10.1. The molecule has 0 amide bonds. The largest absolute Gasteiger partial charge is 0.456 e. The van der Waals surface area contributed by atoms with Crippen molar-refractivity contribution in [3.8, 4) is 11.5 Å². The molecule has 0 atom stereocenters. The lowest BCUT2D eigenvalue weighted by Gasteiger charge is -2.06. The summed E-state index contributed by atoms with van der Waals surface area (Å²) in [6.45, 7) is 0. The van der Waals surface area contributed by atoms with Crippen molar-refractivity contribution in [3.63, 3.8) is 0 Å². The molecule has 0 unspecified atom stereocenters. The summed E-state index contributed by atoms with van der Waals surface area (Å²) in [5.74, 6) is 0.739. The van der Waals surface area contributed by atoms with E-state index in [0.717, 1.165) is 6.26 Å². The molecule has 0 spiro atoms. The molecule has 0 saturated heterocycles. The minimum atomic E-state index is -3.28. The number of rotatable bonds is 4. The van der Waals surface area contributed by atoms with Crippen LogP contribution in [0.1, 0.15) is 10.4 Å². The molecule has 2 aromatic rings. The maximum atomic E-state index is 11.4. The van der Waals surface area contributed by atoms with Crippen molar-refractivity contribution in [1.29, 1.82) is 0 Å². The fourth-order valence-electron chi connectivity index (χ4n) is 1.46. The normalized spacial score (nSPS) is 11.0. The fraction of sp³-hybridized carbons (Fsp3) is 0.0769. The summed E-state index contributed by atoms with van der Waals surface area (Å²) in [6, 6.07) is 7.64. The van der Waals surface area contributed by atoms with E-state index in [1.54, 1.807) is 12.1 Å². The second-order valence-electron chi connectivity index (χ2n) is 3.92. The minimum absolute atomic E-state index is 0.171. The van der Waals surface area contributed by atoms with Crippen molar-refractivity contribution in [2.24, 2.45) is 0 Å². The van der Waals surface area contributed by atoms with Crippen LogP contribution in [0.3, 0.4) is 0 Å². The molecule has 0 saturated carbocycles. The maximum absolute atomic E-state index is 11.4. The van der Waals surface area contributed by atoms with E-state index in [1.165, 1.54) is 30.6 Å². The zero-order valence-corrected chi connectivity index (χ0v) is 10.9. The summed E-state index contributed by atoms with van der Waals surface area (Å²) in [4.78, 5) is 14.6. The van der Waals surface area contributed by atoms with Crippen LogP contribution in [0, 0.1) is 0 Å². The third-order valence-electron chi connectivity index (χ3n) is 2.34. The highest BCUT2D eigenvalue weighted by atomic mass is 32.2. The first-order valence-corrected chi connectivity index (χ1v) is 7.26. The lowest BCUT2D eigenvalue weighted by Crippen LogP contribution is -1.97. The summed E-state index contributed by atoms with van der Waals surface area (Å²) >= 11 is 0. The van der Waals surface area contributed by atoms with Crippen molar-refractivity contribution in [2.75, 3.05) is 6.26 Å². The highest BCUT2D eigenvalue weighted by molar-refractivity contribution is 7.90. The van der Waals surface area contributed by atoms with Gasteiger partial charge in [-0.1, -0.05) is 6.07 Å². The number of hydrogen-bond acceptors (Lipinski definition) is 5. The predicted octanol–water partition coefficient (Wildman–Crippen LogP) is 2.09. The van der Waals surface area contributed by atoms with Crippen molar-refractivity contribution in [2.45, 2.75) is 4.90 Å². The Bertz CT molecular complexity index is 710. The molecule has 0 bridgehead atoms.